The molecule has 2 N–H and O–H groups in total. The number of carbonyl (C=O) groups is 1. The number of benzene rings is 1. The molecule has 6 nitrogen and oxygen atoms in total. The van der Waals surface area contributed by atoms with Gasteiger partial charge in [-0.2, -0.15) is 11.8 Å². The molecular weight excluding hydrogens is 388 g/mol. The number of amides is 1. The van der Waals surface area contributed by atoms with Crippen LogP contribution in [0.3, 0.4) is 0 Å². The van der Waals surface area contributed by atoms with Gasteiger partial charge in [-0.15, -0.1) is 0 Å². The van der Waals surface area contributed by atoms with E-state index in [4.69, 9.17) is 9.15 Å². The third-order valence-electron chi connectivity index (χ3n) is 4.78. The molecule has 0 atom stereocenters. The Kier molecular flexibility index (Phi) is 6.17. The maximum absolute atomic E-state index is 12.6. The summed E-state index contributed by atoms with van der Waals surface area (Å²) in [5.41, 5.74) is 1.95. The van der Waals surface area contributed by atoms with Crippen LogP contribution in [0, 0.1) is 0 Å². The summed E-state index contributed by atoms with van der Waals surface area (Å²) in [4.78, 5) is 27.6. The Bertz CT molecular complexity index is 1020. The summed E-state index contributed by atoms with van der Waals surface area (Å²) < 4.78 is 10.7. The number of carbonyl (C=O) groups excluding carboxylic acids is 1. The number of anilines is 1. The average molecular weight is 410 g/mol. The molecule has 0 spiro atoms. The molecule has 4 rings (SSSR count). The minimum atomic E-state index is -0.456. The van der Waals surface area contributed by atoms with E-state index in [1.807, 2.05) is 36.0 Å². The lowest BCUT2D eigenvalue weighted by atomic mass is 10.2. The van der Waals surface area contributed by atoms with Crippen molar-refractivity contribution in [3.05, 3.63) is 76.3 Å². The monoisotopic (exact) mass is 410 g/mol. The van der Waals surface area contributed by atoms with E-state index in [1.54, 1.807) is 18.2 Å². The Balaban J connectivity index is 1.41. The molecule has 0 radical (unpaired) electrons. The number of aromatic nitrogens is 1. The van der Waals surface area contributed by atoms with E-state index in [0.29, 0.717) is 22.4 Å². The molecule has 1 saturated heterocycles. The maximum Gasteiger partial charge on any atom is 0.261 e. The number of aromatic amines is 1. The molecule has 1 aliphatic heterocycles. The van der Waals surface area contributed by atoms with Gasteiger partial charge < -0.3 is 19.5 Å². The van der Waals surface area contributed by atoms with E-state index in [-0.39, 0.29) is 5.56 Å². The Hall–Kier alpha value is -2.77. The molecule has 3 heterocycles. The van der Waals surface area contributed by atoms with Gasteiger partial charge in [-0.3, -0.25) is 9.59 Å². The topological polar surface area (TPSA) is 84.3 Å². The smallest absolute Gasteiger partial charge is 0.261 e. The second-order valence-corrected chi connectivity index (χ2v) is 8.16. The van der Waals surface area contributed by atoms with Gasteiger partial charge in [-0.05, 0) is 54.8 Å². The van der Waals surface area contributed by atoms with Gasteiger partial charge in [0.05, 0.1) is 12.0 Å². The van der Waals surface area contributed by atoms with Gasteiger partial charge in [0.1, 0.15) is 11.3 Å². The predicted molar refractivity (Wildman–Crippen MR) is 114 cm³/mol. The number of hydrogen-bond donors (Lipinski definition) is 2. The SMILES string of the molecule is O=C(Nc1cccc(CSC2CCOCC2)c1)c1ccc(-c2ccco2)[nH]c1=O. The first kappa shape index (κ1) is 19.5. The highest BCUT2D eigenvalue weighted by molar-refractivity contribution is 7.99. The van der Waals surface area contributed by atoms with Crippen molar-refractivity contribution in [3.8, 4) is 11.5 Å². The molecule has 0 saturated carbocycles. The van der Waals surface area contributed by atoms with E-state index in [0.717, 1.165) is 37.4 Å². The minimum Gasteiger partial charge on any atom is -0.463 e. The molecule has 150 valence electrons. The van der Waals surface area contributed by atoms with Crippen LogP contribution < -0.4 is 10.9 Å². The van der Waals surface area contributed by atoms with Crippen molar-refractivity contribution in [2.45, 2.75) is 23.8 Å². The van der Waals surface area contributed by atoms with Crippen LogP contribution >= 0.6 is 11.8 Å². The van der Waals surface area contributed by atoms with Crippen LogP contribution in [-0.2, 0) is 10.5 Å². The fourth-order valence-corrected chi connectivity index (χ4v) is 4.36. The van der Waals surface area contributed by atoms with Gasteiger partial charge in [0.2, 0.25) is 0 Å². The first-order chi connectivity index (χ1) is 14.2. The Labute approximate surface area is 172 Å². The lowest BCUT2D eigenvalue weighted by molar-refractivity contribution is 0.0999. The minimum absolute atomic E-state index is 0.0577. The zero-order valence-corrected chi connectivity index (χ0v) is 16.7. The number of thioether (sulfide) groups is 1. The Morgan fingerprint density at radius 2 is 2.00 bits per heavy atom. The fraction of sp³-hybridized carbons (Fsp3) is 0.273. The van der Waals surface area contributed by atoms with Crippen molar-refractivity contribution in [2.24, 2.45) is 0 Å². The molecule has 1 amide bonds. The molecule has 3 aromatic rings. The standard InChI is InChI=1S/C22H22N2O4S/c25-21(18-6-7-19(24-22(18)26)20-5-2-10-28-20)23-16-4-1-3-15(13-16)14-29-17-8-11-27-12-9-17/h1-7,10,13,17H,8-9,11-12,14H2,(H,23,25)(H,24,26). The van der Waals surface area contributed by atoms with Crippen LogP contribution in [0.4, 0.5) is 5.69 Å². The van der Waals surface area contributed by atoms with Crippen LogP contribution in [0.1, 0.15) is 28.8 Å². The summed E-state index contributed by atoms with van der Waals surface area (Å²) in [6.45, 7) is 1.67. The summed E-state index contributed by atoms with van der Waals surface area (Å²) in [6.07, 6.45) is 3.69. The first-order valence-corrected chi connectivity index (χ1v) is 10.6. The van der Waals surface area contributed by atoms with Gasteiger partial charge in [0.15, 0.2) is 0 Å². The summed E-state index contributed by atoms with van der Waals surface area (Å²) in [7, 11) is 0. The lowest BCUT2D eigenvalue weighted by Crippen LogP contribution is -2.23. The number of nitrogens with one attached hydrogen (secondary N) is 2. The Morgan fingerprint density at radius 1 is 1.14 bits per heavy atom. The van der Waals surface area contributed by atoms with Crippen LogP contribution in [-0.4, -0.2) is 29.4 Å². The largest absolute Gasteiger partial charge is 0.463 e. The van der Waals surface area contributed by atoms with Gasteiger partial charge in [0.25, 0.3) is 11.5 Å². The molecule has 0 bridgehead atoms. The zero-order chi connectivity index (χ0) is 20.1. The van der Waals surface area contributed by atoms with Crippen molar-refractivity contribution >= 4 is 23.4 Å². The van der Waals surface area contributed by atoms with Crippen molar-refractivity contribution in [2.75, 3.05) is 18.5 Å². The summed E-state index contributed by atoms with van der Waals surface area (Å²) in [6, 6.07) is 14.4. The van der Waals surface area contributed by atoms with E-state index in [9.17, 15) is 9.59 Å². The highest BCUT2D eigenvalue weighted by Gasteiger charge is 2.15. The molecule has 1 aromatic carbocycles. The van der Waals surface area contributed by atoms with Crippen molar-refractivity contribution in [1.29, 1.82) is 0 Å². The van der Waals surface area contributed by atoms with E-state index >= 15 is 0 Å². The summed E-state index contributed by atoms with van der Waals surface area (Å²) in [5, 5.41) is 3.44. The highest BCUT2D eigenvalue weighted by Crippen LogP contribution is 2.26. The van der Waals surface area contributed by atoms with Crippen LogP contribution in [0.25, 0.3) is 11.5 Å². The maximum atomic E-state index is 12.6. The third-order valence-corrected chi connectivity index (χ3v) is 6.22. The van der Waals surface area contributed by atoms with Crippen molar-refractivity contribution < 1.29 is 13.9 Å². The van der Waals surface area contributed by atoms with E-state index in [1.165, 1.54) is 12.3 Å². The predicted octanol–water partition coefficient (Wildman–Crippen LogP) is 4.30. The second-order valence-electron chi connectivity index (χ2n) is 6.87. The fourth-order valence-electron chi connectivity index (χ4n) is 3.22. The quantitative estimate of drug-likeness (QED) is 0.633. The lowest BCUT2D eigenvalue weighted by Gasteiger charge is -2.21. The second kappa shape index (κ2) is 9.15. The molecule has 7 heteroatoms. The zero-order valence-electron chi connectivity index (χ0n) is 15.9. The summed E-state index contributed by atoms with van der Waals surface area (Å²) in [5.74, 6) is 0.988. The van der Waals surface area contributed by atoms with Gasteiger partial charge >= 0.3 is 0 Å². The Morgan fingerprint density at radius 3 is 2.76 bits per heavy atom. The molecule has 29 heavy (non-hydrogen) atoms. The molecule has 0 unspecified atom stereocenters. The number of furan rings is 1. The van der Waals surface area contributed by atoms with Gasteiger partial charge in [0, 0.05) is 29.9 Å². The molecular formula is C22H22N2O4S. The first-order valence-electron chi connectivity index (χ1n) is 9.56. The van der Waals surface area contributed by atoms with Crippen LogP contribution in [0.15, 0.2) is 64.0 Å². The molecule has 2 aromatic heterocycles. The van der Waals surface area contributed by atoms with E-state index in [2.05, 4.69) is 10.3 Å². The van der Waals surface area contributed by atoms with Gasteiger partial charge in [-0.1, -0.05) is 12.1 Å². The average Bonchev–Trinajstić information content (AvgIpc) is 3.28. The van der Waals surface area contributed by atoms with Crippen molar-refractivity contribution in [3.63, 3.8) is 0 Å². The number of H-pyrrole nitrogens is 1. The van der Waals surface area contributed by atoms with E-state index < -0.39 is 11.5 Å². The van der Waals surface area contributed by atoms with Gasteiger partial charge in [-0.25, -0.2) is 0 Å². The normalized spacial score (nSPS) is 14.6. The summed E-state index contributed by atoms with van der Waals surface area (Å²) >= 11 is 1.92. The number of rotatable bonds is 6. The molecule has 1 fully saturated rings. The highest BCUT2D eigenvalue weighted by atomic mass is 32.2. The van der Waals surface area contributed by atoms with Crippen LogP contribution in [0.2, 0.25) is 0 Å². The number of ether oxygens (including phenoxy) is 1. The van der Waals surface area contributed by atoms with Crippen LogP contribution in [0.5, 0.6) is 0 Å². The third kappa shape index (κ3) is 4.99. The number of hydrogen-bond acceptors (Lipinski definition) is 5. The molecule has 0 aliphatic carbocycles. The van der Waals surface area contributed by atoms with Crippen molar-refractivity contribution in [1.82, 2.24) is 4.98 Å². The number of pyridine rings is 1. The molecule has 1 aliphatic rings.